The summed E-state index contributed by atoms with van der Waals surface area (Å²) in [5, 5.41) is 9.27. The zero-order valence-corrected chi connectivity index (χ0v) is 10.5. The Hall–Kier alpha value is -1.88. The molecule has 2 atom stereocenters. The molecule has 2 saturated heterocycles. The molecule has 2 bridgehead atoms. The van der Waals surface area contributed by atoms with Crippen LogP contribution in [0.15, 0.2) is 30.3 Å². The summed E-state index contributed by atoms with van der Waals surface area (Å²) in [6.45, 7) is 0.508. The van der Waals surface area contributed by atoms with E-state index in [9.17, 15) is 14.7 Å². The zero-order valence-electron chi connectivity index (χ0n) is 10.5. The number of nitrogens with zero attached hydrogens (tertiary/aromatic N) is 2. The number of aliphatic hydroxyl groups is 1. The Morgan fingerprint density at radius 2 is 2.00 bits per heavy atom. The van der Waals surface area contributed by atoms with Crippen LogP contribution in [0.1, 0.15) is 23.2 Å². The number of carbonyl (C=O) groups is 2. The summed E-state index contributed by atoms with van der Waals surface area (Å²) >= 11 is 0. The summed E-state index contributed by atoms with van der Waals surface area (Å²) in [4.78, 5) is 27.7. The second-order valence-corrected chi connectivity index (χ2v) is 5.04. The van der Waals surface area contributed by atoms with E-state index in [1.165, 1.54) is 4.90 Å². The van der Waals surface area contributed by atoms with Gasteiger partial charge in [0.25, 0.3) is 5.91 Å². The molecule has 0 spiro atoms. The van der Waals surface area contributed by atoms with Gasteiger partial charge in [0.1, 0.15) is 0 Å². The SMILES string of the molecule is O=C(c1ccccc1)N1C(=O)N2CC1CCC2CO. The fraction of sp³-hybridized carbons (Fsp3) is 0.429. The highest BCUT2D eigenvalue weighted by molar-refractivity contribution is 6.05. The standard InChI is InChI=1S/C14H16N2O3/c17-9-12-7-6-11-8-15(12)14(19)16(11)13(18)10-4-2-1-3-5-10/h1-5,11-12,17H,6-9H2. The predicted octanol–water partition coefficient (Wildman–Crippen LogP) is 1.09. The molecule has 5 nitrogen and oxygen atoms in total. The molecule has 2 aliphatic rings. The Labute approximate surface area is 111 Å². The summed E-state index contributed by atoms with van der Waals surface area (Å²) in [6.07, 6.45) is 1.53. The van der Waals surface area contributed by atoms with Crippen molar-refractivity contribution in [2.75, 3.05) is 13.2 Å². The second-order valence-electron chi connectivity index (χ2n) is 5.04. The number of amides is 3. The maximum Gasteiger partial charge on any atom is 0.327 e. The molecule has 100 valence electrons. The van der Waals surface area contributed by atoms with Crippen LogP contribution < -0.4 is 0 Å². The molecule has 1 aromatic rings. The smallest absolute Gasteiger partial charge is 0.327 e. The molecule has 0 aliphatic carbocycles. The first-order valence-corrected chi connectivity index (χ1v) is 6.52. The van der Waals surface area contributed by atoms with E-state index in [2.05, 4.69) is 0 Å². The van der Waals surface area contributed by atoms with Gasteiger partial charge in [0.2, 0.25) is 0 Å². The van der Waals surface area contributed by atoms with Crippen LogP contribution in [-0.2, 0) is 0 Å². The molecule has 2 fully saturated rings. The van der Waals surface area contributed by atoms with Gasteiger partial charge in [-0.25, -0.2) is 4.79 Å². The molecule has 2 heterocycles. The van der Waals surface area contributed by atoms with Crippen molar-refractivity contribution >= 4 is 11.9 Å². The van der Waals surface area contributed by atoms with Crippen LogP contribution in [0.4, 0.5) is 4.79 Å². The van der Waals surface area contributed by atoms with Crippen LogP contribution in [0.2, 0.25) is 0 Å². The molecule has 1 aromatic carbocycles. The summed E-state index contributed by atoms with van der Waals surface area (Å²) in [6, 6.07) is 8.39. The average Bonchev–Trinajstić information content (AvgIpc) is 2.72. The first-order chi connectivity index (χ1) is 9.22. The van der Waals surface area contributed by atoms with Crippen molar-refractivity contribution in [3.8, 4) is 0 Å². The maximum absolute atomic E-state index is 12.4. The number of hydrogen-bond acceptors (Lipinski definition) is 3. The van der Waals surface area contributed by atoms with Crippen molar-refractivity contribution in [2.24, 2.45) is 0 Å². The van der Waals surface area contributed by atoms with E-state index in [-0.39, 0.29) is 30.6 Å². The van der Waals surface area contributed by atoms with Crippen molar-refractivity contribution < 1.29 is 14.7 Å². The van der Waals surface area contributed by atoms with Crippen LogP contribution >= 0.6 is 0 Å². The fourth-order valence-electron chi connectivity index (χ4n) is 2.91. The summed E-state index contributed by atoms with van der Waals surface area (Å²) in [7, 11) is 0. The summed E-state index contributed by atoms with van der Waals surface area (Å²) in [5.41, 5.74) is 0.533. The van der Waals surface area contributed by atoms with E-state index in [1.807, 2.05) is 6.07 Å². The monoisotopic (exact) mass is 260 g/mol. The second kappa shape index (κ2) is 4.66. The summed E-state index contributed by atoms with van der Waals surface area (Å²) < 4.78 is 0. The van der Waals surface area contributed by atoms with E-state index < -0.39 is 0 Å². The third-order valence-corrected chi connectivity index (χ3v) is 3.95. The number of urea groups is 1. The number of hydrogen-bond donors (Lipinski definition) is 1. The highest BCUT2D eigenvalue weighted by atomic mass is 16.3. The van der Waals surface area contributed by atoms with Crippen molar-refractivity contribution in [3.05, 3.63) is 35.9 Å². The lowest BCUT2D eigenvalue weighted by Crippen LogP contribution is -2.42. The van der Waals surface area contributed by atoms with Crippen molar-refractivity contribution in [1.29, 1.82) is 0 Å². The van der Waals surface area contributed by atoms with Crippen LogP contribution in [-0.4, -0.2) is 52.1 Å². The van der Waals surface area contributed by atoms with Crippen LogP contribution in [0, 0.1) is 0 Å². The first kappa shape index (κ1) is 12.2. The van der Waals surface area contributed by atoms with Gasteiger partial charge >= 0.3 is 6.03 Å². The van der Waals surface area contributed by atoms with Gasteiger partial charge in [-0.1, -0.05) is 18.2 Å². The lowest BCUT2D eigenvalue weighted by atomic mass is 10.0. The van der Waals surface area contributed by atoms with Gasteiger partial charge in [0.05, 0.1) is 18.7 Å². The molecular formula is C14H16N2O3. The number of fused-ring (bicyclic) bond motifs is 2. The van der Waals surface area contributed by atoms with Gasteiger partial charge in [0, 0.05) is 12.1 Å². The maximum atomic E-state index is 12.4. The van der Waals surface area contributed by atoms with Crippen molar-refractivity contribution in [1.82, 2.24) is 9.80 Å². The molecule has 3 rings (SSSR count). The highest BCUT2D eigenvalue weighted by Crippen LogP contribution is 2.30. The Balaban J connectivity index is 1.87. The molecule has 2 aliphatic heterocycles. The van der Waals surface area contributed by atoms with Gasteiger partial charge in [-0.15, -0.1) is 0 Å². The van der Waals surface area contributed by atoms with E-state index in [0.717, 1.165) is 12.8 Å². The number of piperidine rings is 1. The predicted molar refractivity (Wildman–Crippen MR) is 68.6 cm³/mol. The molecule has 5 heteroatoms. The van der Waals surface area contributed by atoms with Crippen molar-refractivity contribution in [3.63, 3.8) is 0 Å². The first-order valence-electron chi connectivity index (χ1n) is 6.52. The Bertz CT molecular complexity index is 503. The number of rotatable bonds is 2. The molecule has 0 saturated carbocycles. The number of carbonyl (C=O) groups excluding carboxylic acids is 2. The van der Waals surface area contributed by atoms with Crippen LogP contribution in [0.25, 0.3) is 0 Å². The normalized spacial score (nSPS) is 25.8. The van der Waals surface area contributed by atoms with E-state index in [1.54, 1.807) is 29.2 Å². The highest BCUT2D eigenvalue weighted by Gasteiger charge is 2.47. The zero-order chi connectivity index (χ0) is 13.4. The van der Waals surface area contributed by atoms with E-state index in [4.69, 9.17) is 0 Å². The van der Waals surface area contributed by atoms with Gasteiger partial charge < -0.3 is 10.0 Å². The molecule has 19 heavy (non-hydrogen) atoms. The molecule has 3 amide bonds. The van der Waals surface area contributed by atoms with E-state index in [0.29, 0.717) is 12.1 Å². The topological polar surface area (TPSA) is 60.9 Å². The quantitative estimate of drug-likeness (QED) is 0.865. The lowest BCUT2D eigenvalue weighted by Gasteiger charge is -2.28. The van der Waals surface area contributed by atoms with Crippen molar-refractivity contribution in [2.45, 2.75) is 24.9 Å². The van der Waals surface area contributed by atoms with E-state index >= 15 is 0 Å². The number of benzene rings is 1. The fourth-order valence-corrected chi connectivity index (χ4v) is 2.91. The molecule has 1 N–H and O–H groups in total. The largest absolute Gasteiger partial charge is 0.394 e. The third kappa shape index (κ3) is 1.90. The van der Waals surface area contributed by atoms with Gasteiger partial charge in [-0.3, -0.25) is 9.69 Å². The third-order valence-electron chi connectivity index (χ3n) is 3.95. The van der Waals surface area contributed by atoms with Gasteiger partial charge in [-0.05, 0) is 25.0 Å². The molecule has 2 unspecified atom stereocenters. The van der Waals surface area contributed by atoms with Crippen LogP contribution in [0.5, 0.6) is 0 Å². The Kier molecular flexibility index (Phi) is 2.98. The average molecular weight is 260 g/mol. The number of imide groups is 1. The van der Waals surface area contributed by atoms with Crippen LogP contribution in [0.3, 0.4) is 0 Å². The molecular weight excluding hydrogens is 244 g/mol. The van der Waals surface area contributed by atoms with Gasteiger partial charge in [-0.2, -0.15) is 0 Å². The molecule has 0 radical (unpaired) electrons. The Morgan fingerprint density at radius 3 is 2.68 bits per heavy atom. The summed E-state index contributed by atoms with van der Waals surface area (Å²) in [5.74, 6) is -0.239. The minimum absolute atomic E-state index is 0.0359. The number of aliphatic hydroxyl groups excluding tert-OH is 1. The lowest BCUT2D eigenvalue weighted by molar-refractivity contribution is 0.0782. The minimum atomic E-state index is -0.268. The van der Waals surface area contributed by atoms with Gasteiger partial charge in [0.15, 0.2) is 0 Å². The Morgan fingerprint density at radius 1 is 1.26 bits per heavy atom. The minimum Gasteiger partial charge on any atom is -0.394 e. The molecule has 0 aromatic heterocycles.